The molecule has 3 amide bonds. The van der Waals surface area contributed by atoms with Gasteiger partial charge in [0.1, 0.15) is 0 Å². The number of anilines is 1. The van der Waals surface area contributed by atoms with Gasteiger partial charge in [0.2, 0.25) is 5.91 Å². The number of imide groups is 1. The third-order valence-electron chi connectivity index (χ3n) is 4.13. The van der Waals surface area contributed by atoms with Gasteiger partial charge in [0.25, 0.3) is 11.1 Å². The first-order valence-corrected chi connectivity index (χ1v) is 10.3. The van der Waals surface area contributed by atoms with E-state index in [1.807, 2.05) is 48.5 Å². The van der Waals surface area contributed by atoms with E-state index in [0.717, 1.165) is 33.5 Å². The summed E-state index contributed by atoms with van der Waals surface area (Å²) < 4.78 is 0. The van der Waals surface area contributed by atoms with Crippen LogP contribution in [0.5, 0.6) is 0 Å². The lowest BCUT2D eigenvalue weighted by Crippen LogP contribution is -2.35. The Morgan fingerprint density at radius 2 is 1.86 bits per heavy atom. The first-order valence-electron chi connectivity index (χ1n) is 8.46. The highest BCUT2D eigenvalue weighted by Gasteiger charge is 2.25. The normalized spacial score (nSPS) is 17.2. The fraction of sp³-hybridized carbons (Fsp3) is 0.0952. The molecule has 28 heavy (non-hydrogen) atoms. The van der Waals surface area contributed by atoms with Crippen LogP contribution in [0, 0.1) is 11.8 Å². The smallest absolute Gasteiger partial charge is 0.290 e. The Bertz CT molecular complexity index is 1070. The molecular weight excluding hydrogens is 392 g/mol. The fourth-order valence-electron chi connectivity index (χ4n) is 2.78. The van der Waals surface area contributed by atoms with Crippen LogP contribution in [0.1, 0.15) is 11.1 Å². The number of carbonyl (C=O) groups excluding carboxylic acids is 3. The van der Waals surface area contributed by atoms with Crippen molar-refractivity contribution in [1.29, 1.82) is 0 Å². The van der Waals surface area contributed by atoms with E-state index in [0.29, 0.717) is 17.2 Å². The van der Waals surface area contributed by atoms with Gasteiger partial charge in [0.05, 0.1) is 22.9 Å². The van der Waals surface area contributed by atoms with Gasteiger partial charge < -0.3 is 0 Å². The molecule has 0 bridgehead atoms. The van der Waals surface area contributed by atoms with Crippen LogP contribution in [-0.4, -0.2) is 29.4 Å². The summed E-state index contributed by atoms with van der Waals surface area (Å²) in [4.78, 5) is 38.2. The maximum Gasteiger partial charge on any atom is 0.290 e. The maximum absolute atomic E-state index is 12.2. The summed E-state index contributed by atoms with van der Waals surface area (Å²) in [5.41, 5.74) is 2.53. The van der Waals surface area contributed by atoms with Gasteiger partial charge >= 0.3 is 0 Å². The predicted octanol–water partition coefficient (Wildman–Crippen LogP) is 3.50. The van der Waals surface area contributed by atoms with E-state index in [9.17, 15) is 14.4 Å². The minimum absolute atomic E-state index is 0.0573. The number of para-hydroxylation sites is 1. The summed E-state index contributed by atoms with van der Waals surface area (Å²) in [6, 6.07) is 15.2. The van der Waals surface area contributed by atoms with E-state index in [2.05, 4.69) is 17.2 Å². The zero-order chi connectivity index (χ0) is 19.5. The number of amides is 3. The number of nitrogens with zero attached hydrogens (tertiary/aromatic N) is 1. The molecule has 0 radical (unpaired) electrons. The average molecular weight is 406 g/mol. The second kappa shape index (κ2) is 7.97. The molecule has 2 aromatic carbocycles. The Hall–Kier alpha value is -2.95. The predicted molar refractivity (Wildman–Crippen MR) is 112 cm³/mol. The van der Waals surface area contributed by atoms with E-state index in [4.69, 9.17) is 0 Å². The van der Waals surface area contributed by atoms with Crippen molar-refractivity contribution in [1.82, 2.24) is 5.32 Å². The van der Waals surface area contributed by atoms with Crippen molar-refractivity contribution in [2.75, 3.05) is 17.2 Å². The molecule has 0 unspecified atom stereocenters. The van der Waals surface area contributed by atoms with Gasteiger partial charge in [-0.3, -0.25) is 24.6 Å². The minimum atomic E-state index is -0.372. The first-order chi connectivity index (χ1) is 13.6. The van der Waals surface area contributed by atoms with Gasteiger partial charge in [-0.25, -0.2) is 0 Å². The van der Waals surface area contributed by atoms with Crippen LogP contribution in [0.2, 0.25) is 0 Å². The molecule has 1 N–H and O–H groups in total. The Balaban J connectivity index is 1.46. The lowest BCUT2D eigenvalue weighted by molar-refractivity contribution is -0.116. The second-order valence-corrected chi connectivity index (χ2v) is 8.04. The van der Waals surface area contributed by atoms with Gasteiger partial charge in [-0.2, -0.15) is 0 Å². The summed E-state index contributed by atoms with van der Waals surface area (Å²) in [5.74, 6) is 6.25. The molecule has 2 aliphatic heterocycles. The van der Waals surface area contributed by atoms with Crippen molar-refractivity contribution < 1.29 is 14.4 Å². The zero-order valence-electron chi connectivity index (χ0n) is 14.6. The van der Waals surface area contributed by atoms with Crippen molar-refractivity contribution >= 4 is 52.3 Å². The molecule has 2 aliphatic rings. The van der Waals surface area contributed by atoms with E-state index in [1.165, 1.54) is 0 Å². The van der Waals surface area contributed by atoms with Crippen LogP contribution in [0.4, 0.5) is 10.5 Å². The van der Waals surface area contributed by atoms with E-state index >= 15 is 0 Å². The molecule has 0 atom stereocenters. The van der Waals surface area contributed by atoms with Crippen LogP contribution in [0.25, 0.3) is 6.08 Å². The molecular formula is C21H14N2O3S2. The van der Waals surface area contributed by atoms with Gasteiger partial charge in [0, 0.05) is 10.5 Å². The molecule has 7 heteroatoms. The standard InChI is InChI=1S/C21H14N2O3S2/c24-19-13-27-17-6-2-1-5-16(17)23(19)11-3-4-14-7-9-15(10-8-14)12-18-20(25)22-21(26)28-18/h1-2,5-10,12H,11,13H2,(H,22,25,26). The number of hydrogen-bond acceptors (Lipinski definition) is 5. The van der Waals surface area contributed by atoms with Crippen LogP contribution in [0.15, 0.2) is 58.3 Å². The molecule has 2 heterocycles. The van der Waals surface area contributed by atoms with Crippen molar-refractivity contribution in [3.8, 4) is 11.8 Å². The fourth-order valence-corrected chi connectivity index (χ4v) is 4.40. The first kappa shape index (κ1) is 18.4. The molecule has 5 nitrogen and oxygen atoms in total. The summed E-state index contributed by atoms with van der Waals surface area (Å²) in [5, 5.41) is 1.87. The average Bonchev–Trinajstić information content (AvgIpc) is 3.01. The second-order valence-electron chi connectivity index (χ2n) is 6.01. The number of fused-ring (bicyclic) bond motifs is 1. The Kier molecular flexibility index (Phi) is 5.24. The van der Waals surface area contributed by atoms with E-state index < -0.39 is 0 Å². The molecule has 0 spiro atoms. The summed E-state index contributed by atoms with van der Waals surface area (Å²) in [6.45, 7) is 0.334. The van der Waals surface area contributed by atoms with Gasteiger partial charge in [0.15, 0.2) is 0 Å². The number of thioether (sulfide) groups is 2. The summed E-state index contributed by atoms with van der Waals surface area (Å²) in [7, 11) is 0. The molecule has 0 aliphatic carbocycles. The van der Waals surface area contributed by atoms with Crippen LogP contribution < -0.4 is 10.2 Å². The molecule has 138 valence electrons. The Morgan fingerprint density at radius 1 is 1.07 bits per heavy atom. The number of hydrogen-bond donors (Lipinski definition) is 1. The van der Waals surface area contributed by atoms with Gasteiger partial charge in [-0.05, 0) is 47.7 Å². The van der Waals surface area contributed by atoms with Crippen molar-refractivity contribution in [2.45, 2.75) is 4.90 Å². The highest BCUT2D eigenvalue weighted by molar-refractivity contribution is 8.18. The van der Waals surface area contributed by atoms with Crippen molar-refractivity contribution in [3.05, 3.63) is 64.6 Å². The quantitative estimate of drug-likeness (QED) is 0.611. The molecule has 1 fully saturated rings. The maximum atomic E-state index is 12.2. The van der Waals surface area contributed by atoms with Crippen LogP contribution in [-0.2, 0) is 9.59 Å². The van der Waals surface area contributed by atoms with E-state index in [-0.39, 0.29) is 17.1 Å². The number of rotatable bonds is 2. The minimum Gasteiger partial charge on any atom is -0.299 e. The number of carbonyl (C=O) groups is 3. The third-order valence-corrected chi connectivity index (χ3v) is 5.99. The Morgan fingerprint density at radius 3 is 2.61 bits per heavy atom. The number of benzene rings is 2. The molecule has 0 saturated carbocycles. The Labute approximate surface area is 170 Å². The van der Waals surface area contributed by atoms with E-state index in [1.54, 1.807) is 22.7 Å². The van der Waals surface area contributed by atoms with Gasteiger partial charge in [-0.1, -0.05) is 36.1 Å². The monoisotopic (exact) mass is 406 g/mol. The molecule has 2 aromatic rings. The molecule has 4 rings (SSSR count). The summed E-state index contributed by atoms with van der Waals surface area (Å²) in [6.07, 6.45) is 1.67. The van der Waals surface area contributed by atoms with Crippen LogP contribution in [0.3, 0.4) is 0 Å². The zero-order valence-corrected chi connectivity index (χ0v) is 16.2. The molecule has 1 saturated heterocycles. The topological polar surface area (TPSA) is 66.5 Å². The van der Waals surface area contributed by atoms with Crippen molar-refractivity contribution in [3.63, 3.8) is 0 Å². The van der Waals surface area contributed by atoms with Crippen molar-refractivity contribution in [2.24, 2.45) is 0 Å². The summed E-state index contributed by atoms with van der Waals surface area (Å²) >= 11 is 2.44. The SMILES string of the molecule is O=C1NC(=O)C(=Cc2ccc(C#CCN3C(=O)CSc4ccccc43)cc2)S1. The highest BCUT2D eigenvalue weighted by Crippen LogP contribution is 2.34. The lowest BCUT2D eigenvalue weighted by atomic mass is 10.1. The number of nitrogens with one attached hydrogen (secondary N) is 1. The lowest BCUT2D eigenvalue weighted by Gasteiger charge is -2.27. The van der Waals surface area contributed by atoms with Gasteiger partial charge in [-0.15, -0.1) is 11.8 Å². The third kappa shape index (κ3) is 3.98. The largest absolute Gasteiger partial charge is 0.299 e. The highest BCUT2D eigenvalue weighted by atomic mass is 32.2. The van der Waals surface area contributed by atoms with Crippen LogP contribution >= 0.6 is 23.5 Å². The molecule has 0 aromatic heterocycles.